The summed E-state index contributed by atoms with van der Waals surface area (Å²) >= 11 is 0. The normalized spacial score (nSPS) is 19.7. The fourth-order valence-electron chi connectivity index (χ4n) is 4.58. The highest BCUT2D eigenvalue weighted by atomic mass is 19.1. The highest BCUT2D eigenvalue weighted by Crippen LogP contribution is 2.33. The molecule has 3 aromatic heterocycles. The molecule has 1 fully saturated rings. The summed E-state index contributed by atoms with van der Waals surface area (Å²) in [6.07, 6.45) is 7.73. The zero-order valence-electron chi connectivity index (χ0n) is 19.8. The molecule has 1 atom stereocenters. The van der Waals surface area contributed by atoms with E-state index in [9.17, 15) is 19.4 Å². The number of nitrogens with one attached hydrogen (secondary N) is 2. The van der Waals surface area contributed by atoms with Crippen LogP contribution in [-0.2, 0) is 0 Å². The molecular formula is C25H32FN5O3. The van der Waals surface area contributed by atoms with Gasteiger partial charge in [0.05, 0.1) is 29.7 Å². The van der Waals surface area contributed by atoms with Gasteiger partial charge in [0, 0.05) is 35.9 Å². The summed E-state index contributed by atoms with van der Waals surface area (Å²) in [6.45, 7) is 5.39. The lowest BCUT2D eigenvalue weighted by Crippen LogP contribution is -2.42. The van der Waals surface area contributed by atoms with Crippen LogP contribution in [0.3, 0.4) is 0 Å². The van der Waals surface area contributed by atoms with Crippen LogP contribution in [0.1, 0.15) is 56.8 Å². The number of aromatic nitrogens is 3. The Balaban J connectivity index is 1.57. The average Bonchev–Trinajstić information content (AvgIpc) is 3.21. The summed E-state index contributed by atoms with van der Waals surface area (Å²) in [7, 11) is 0. The van der Waals surface area contributed by atoms with Crippen molar-refractivity contribution in [1.29, 1.82) is 0 Å². The van der Waals surface area contributed by atoms with E-state index in [1.807, 2.05) is 20.8 Å². The molecule has 34 heavy (non-hydrogen) atoms. The SMILES string of the molecule is C[C@@H](CO)Nc1cc(-n2ccc3cc(F)cnc32)ncc1C(=O)N[C@H]1CC[C@H](C(C)(C)O)CC1. The number of amides is 1. The Morgan fingerprint density at radius 2 is 1.97 bits per heavy atom. The molecule has 4 rings (SSSR count). The number of hydrogen-bond acceptors (Lipinski definition) is 6. The Kier molecular flexibility index (Phi) is 6.86. The summed E-state index contributed by atoms with van der Waals surface area (Å²) < 4.78 is 15.3. The number of aliphatic hydroxyl groups is 2. The molecule has 0 aliphatic heterocycles. The van der Waals surface area contributed by atoms with Crippen molar-refractivity contribution >= 4 is 22.6 Å². The summed E-state index contributed by atoms with van der Waals surface area (Å²) in [5, 5.41) is 26.7. The Hall–Kier alpha value is -3.04. The molecule has 1 amide bonds. The Morgan fingerprint density at radius 1 is 1.24 bits per heavy atom. The number of aliphatic hydroxyl groups excluding tert-OH is 1. The Labute approximate surface area is 198 Å². The zero-order chi connectivity index (χ0) is 24.5. The topological polar surface area (TPSA) is 112 Å². The van der Waals surface area contributed by atoms with Gasteiger partial charge in [-0.05, 0) is 64.5 Å². The molecule has 4 N–H and O–H groups in total. The van der Waals surface area contributed by atoms with Gasteiger partial charge in [0.1, 0.15) is 17.3 Å². The maximum absolute atomic E-state index is 13.5. The zero-order valence-corrected chi connectivity index (χ0v) is 19.8. The van der Waals surface area contributed by atoms with Crippen molar-refractivity contribution in [3.63, 3.8) is 0 Å². The van der Waals surface area contributed by atoms with E-state index in [1.54, 1.807) is 22.9 Å². The van der Waals surface area contributed by atoms with Crippen LogP contribution in [0.5, 0.6) is 0 Å². The molecule has 0 saturated heterocycles. The lowest BCUT2D eigenvalue weighted by atomic mass is 9.77. The smallest absolute Gasteiger partial charge is 0.255 e. The quantitative estimate of drug-likeness (QED) is 0.422. The van der Waals surface area contributed by atoms with Crippen molar-refractivity contribution in [3.05, 3.63) is 48.2 Å². The number of fused-ring (bicyclic) bond motifs is 1. The maximum atomic E-state index is 13.5. The van der Waals surface area contributed by atoms with Crippen molar-refractivity contribution in [1.82, 2.24) is 19.9 Å². The third-order valence-electron chi connectivity index (χ3n) is 6.61. The number of rotatable bonds is 7. The van der Waals surface area contributed by atoms with Gasteiger partial charge >= 0.3 is 0 Å². The fourth-order valence-corrected chi connectivity index (χ4v) is 4.58. The average molecular weight is 470 g/mol. The molecule has 0 unspecified atom stereocenters. The standard InChI is InChI=1S/C25H32FN5O3/c1-15(14-32)29-21-11-22(31-9-8-16-10-18(26)12-28-23(16)31)27-13-20(21)24(33)30-19-6-4-17(5-7-19)25(2,3)34/h8-13,15,17,19,32,34H,4-7,14H2,1-3H3,(H,27,29)(H,30,33)/t15-,17-,19-/m0/s1. The van der Waals surface area contributed by atoms with Crippen LogP contribution in [0, 0.1) is 11.7 Å². The first-order chi connectivity index (χ1) is 16.2. The first kappa shape index (κ1) is 24.1. The number of hydrogen-bond donors (Lipinski definition) is 4. The molecule has 9 heteroatoms. The lowest BCUT2D eigenvalue weighted by molar-refractivity contribution is -0.00257. The number of anilines is 1. The highest BCUT2D eigenvalue weighted by molar-refractivity contribution is 5.99. The van der Waals surface area contributed by atoms with E-state index in [4.69, 9.17) is 0 Å². The van der Waals surface area contributed by atoms with Crippen molar-refractivity contribution in [2.75, 3.05) is 11.9 Å². The van der Waals surface area contributed by atoms with E-state index in [0.29, 0.717) is 28.1 Å². The van der Waals surface area contributed by atoms with Gasteiger partial charge in [0.25, 0.3) is 5.91 Å². The Bertz CT molecular complexity index is 1170. The van der Waals surface area contributed by atoms with E-state index < -0.39 is 11.4 Å². The molecule has 0 bridgehead atoms. The molecule has 0 aromatic carbocycles. The first-order valence-corrected chi connectivity index (χ1v) is 11.7. The van der Waals surface area contributed by atoms with E-state index >= 15 is 0 Å². The summed E-state index contributed by atoms with van der Waals surface area (Å²) in [6, 6.07) is 4.64. The fraction of sp³-hybridized carbons (Fsp3) is 0.480. The number of nitrogens with zero attached hydrogens (tertiary/aromatic N) is 3. The van der Waals surface area contributed by atoms with Gasteiger partial charge in [-0.25, -0.2) is 14.4 Å². The minimum absolute atomic E-state index is 0.0291. The second kappa shape index (κ2) is 9.68. The van der Waals surface area contributed by atoms with E-state index in [0.717, 1.165) is 31.9 Å². The van der Waals surface area contributed by atoms with Crippen LogP contribution in [0.25, 0.3) is 16.9 Å². The van der Waals surface area contributed by atoms with Gasteiger partial charge in [-0.1, -0.05) is 0 Å². The van der Waals surface area contributed by atoms with Gasteiger partial charge in [0.2, 0.25) is 0 Å². The first-order valence-electron chi connectivity index (χ1n) is 11.7. The van der Waals surface area contributed by atoms with Crippen molar-refractivity contribution in [3.8, 4) is 5.82 Å². The highest BCUT2D eigenvalue weighted by Gasteiger charge is 2.32. The van der Waals surface area contributed by atoms with Gasteiger partial charge in [-0.15, -0.1) is 0 Å². The second-order valence-electron chi connectivity index (χ2n) is 9.74. The monoisotopic (exact) mass is 469 g/mol. The van der Waals surface area contributed by atoms with Crippen LogP contribution in [-0.4, -0.2) is 54.9 Å². The number of carbonyl (C=O) groups excluding carboxylic acids is 1. The number of carbonyl (C=O) groups is 1. The van der Waals surface area contributed by atoms with Crippen LogP contribution < -0.4 is 10.6 Å². The van der Waals surface area contributed by atoms with Crippen LogP contribution in [0.15, 0.2) is 36.8 Å². The third-order valence-corrected chi connectivity index (χ3v) is 6.61. The van der Waals surface area contributed by atoms with Gasteiger partial charge in [-0.3, -0.25) is 9.36 Å². The molecule has 3 heterocycles. The van der Waals surface area contributed by atoms with Crippen molar-refractivity contribution in [2.24, 2.45) is 5.92 Å². The van der Waals surface area contributed by atoms with Crippen molar-refractivity contribution in [2.45, 2.75) is 64.1 Å². The summed E-state index contributed by atoms with van der Waals surface area (Å²) in [4.78, 5) is 21.8. The van der Waals surface area contributed by atoms with Gasteiger partial charge < -0.3 is 20.8 Å². The molecule has 3 aromatic rings. The summed E-state index contributed by atoms with van der Waals surface area (Å²) in [5.41, 5.74) is 0.758. The Morgan fingerprint density at radius 3 is 2.65 bits per heavy atom. The molecule has 8 nitrogen and oxygen atoms in total. The lowest BCUT2D eigenvalue weighted by Gasteiger charge is -2.36. The van der Waals surface area contributed by atoms with Crippen molar-refractivity contribution < 1.29 is 19.4 Å². The second-order valence-corrected chi connectivity index (χ2v) is 9.74. The number of halogens is 1. The maximum Gasteiger partial charge on any atom is 0.255 e. The van der Waals surface area contributed by atoms with Crippen LogP contribution in [0.2, 0.25) is 0 Å². The van der Waals surface area contributed by atoms with E-state index in [2.05, 4.69) is 20.6 Å². The molecular weight excluding hydrogens is 437 g/mol. The molecule has 1 aliphatic rings. The molecule has 1 aliphatic carbocycles. The molecule has 182 valence electrons. The molecule has 1 saturated carbocycles. The largest absolute Gasteiger partial charge is 0.394 e. The van der Waals surface area contributed by atoms with Crippen LogP contribution >= 0.6 is 0 Å². The minimum atomic E-state index is -0.713. The molecule has 0 radical (unpaired) electrons. The summed E-state index contributed by atoms with van der Waals surface area (Å²) in [5.74, 6) is 0.0867. The van der Waals surface area contributed by atoms with Crippen LogP contribution in [0.4, 0.5) is 10.1 Å². The predicted octanol–water partition coefficient (Wildman–Crippen LogP) is 3.41. The number of pyridine rings is 2. The minimum Gasteiger partial charge on any atom is -0.394 e. The third kappa shape index (κ3) is 5.20. The molecule has 0 spiro atoms. The van der Waals surface area contributed by atoms with E-state index in [1.165, 1.54) is 12.3 Å². The predicted molar refractivity (Wildman–Crippen MR) is 129 cm³/mol. The van der Waals surface area contributed by atoms with Gasteiger partial charge in [-0.2, -0.15) is 0 Å². The van der Waals surface area contributed by atoms with Gasteiger partial charge in [0.15, 0.2) is 0 Å². The van der Waals surface area contributed by atoms with E-state index in [-0.39, 0.29) is 30.5 Å².